The monoisotopic (exact) mass is 434 g/mol. The maximum Gasteiger partial charge on any atom is 0.129 e. The first-order chi connectivity index (χ1) is 7.61. The molecule has 0 unspecified atom stereocenters. The second-order valence-electron chi connectivity index (χ2n) is 2.90. The van der Waals surface area contributed by atoms with Crippen LogP contribution in [0.25, 0.3) is 0 Å². The molecule has 2 aromatic rings. The summed E-state index contributed by atoms with van der Waals surface area (Å²) in [5, 5.41) is 17.7. The molecule has 0 fully saturated rings. The van der Waals surface area contributed by atoms with E-state index in [2.05, 4.69) is 31.9 Å². The summed E-state index contributed by atoms with van der Waals surface area (Å²) in [5.74, 6) is 0.569. The number of benzene rings is 2. The van der Waals surface area contributed by atoms with Gasteiger partial charge in [0, 0.05) is 26.2 Å². The maximum absolute atomic E-state index is 8.87. The van der Waals surface area contributed by atoms with Crippen molar-refractivity contribution in [2.75, 3.05) is 0 Å². The third-order valence-corrected chi connectivity index (χ3v) is 3.05. The van der Waals surface area contributed by atoms with Gasteiger partial charge in [0.25, 0.3) is 0 Å². The Morgan fingerprint density at radius 3 is 1.12 bits per heavy atom. The van der Waals surface area contributed by atoms with Gasteiger partial charge < -0.3 is 10.2 Å². The number of phenolic OH excluding ortho intramolecular Hbond substituents is 2. The van der Waals surface area contributed by atoms with Crippen molar-refractivity contribution < 1.29 is 36.4 Å². The molecular formula is C12H10Br2O2Zr. The first-order valence-electron chi connectivity index (χ1n) is 4.48. The van der Waals surface area contributed by atoms with Crippen LogP contribution in [-0.2, 0) is 26.2 Å². The number of hydrogen-bond donors (Lipinski definition) is 2. The van der Waals surface area contributed by atoms with Crippen molar-refractivity contribution in [3.05, 3.63) is 57.5 Å². The van der Waals surface area contributed by atoms with Crippen molar-refractivity contribution in [3.63, 3.8) is 0 Å². The van der Waals surface area contributed by atoms with Gasteiger partial charge in [0.15, 0.2) is 0 Å². The molecule has 0 atom stereocenters. The maximum atomic E-state index is 8.87. The van der Waals surface area contributed by atoms with Crippen LogP contribution >= 0.6 is 31.9 Å². The molecule has 2 nitrogen and oxygen atoms in total. The molecule has 2 rings (SSSR count). The first-order valence-corrected chi connectivity index (χ1v) is 6.07. The summed E-state index contributed by atoms with van der Waals surface area (Å²) in [4.78, 5) is 0. The summed E-state index contributed by atoms with van der Waals surface area (Å²) in [5.41, 5.74) is 0. The van der Waals surface area contributed by atoms with Crippen molar-refractivity contribution >= 4 is 31.9 Å². The predicted molar refractivity (Wildman–Crippen MR) is 71.6 cm³/mol. The summed E-state index contributed by atoms with van der Waals surface area (Å²) in [6.45, 7) is 0. The van der Waals surface area contributed by atoms with Gasteiger partial charge in [0.2, 0.25) is 0 Å². The predicted octanol–water partition coefficient (Wildman–Crippen LogP) is 4.31. The standard InChI is InChI=1S/2C6H5BrO.Zr/c2*7-5-3-1-2-4-6(5)8;/h2*1-4,8H;. The largest absolute Gasteiger partial charge is 0.507 e. The Bertz CT molecular complexity index is 378. The molecule has 0 heterocycles. The molecular weight excluding hydrogens is 427 g/mol. The van der Waals surface area contributed by atoms with Crippen molar-refractivity contribution in [1.82, 2.24) is 0 Å². The van der Waals surface area contributed by atoms with Gasteiger partial charge in [-0.15, -0.1) is 0 Å². The van der Waals surface area contributed by atoms with Crippen LogP contribution in [0.5, 0.6) is 11.5 Å². The Labute approximate surface area is 136 Å². The Morgan fingerprint density at radius 1 is 0.647 bits per heavy atom. The van der Waals surface area contributed by atoms with Gasteiger partial charge in [-0.05, 0) is 56.1 Å². The van der Waals surface area contributed by atoms with E-state index >= 15 is 0 Å². The van der Waals surface area contributed by atoms with Gasteiger partial charge >= 0.3 is 0 Å². The topological polar surface area (TPSA) is 40.5 Å². The van der Waals surface area contributed by atoms with Gasteiger partial charge in [0.05, 0.1) is 8.95 Å². The van der Waals surface area contributed by atoms with Crippen LogP contribution in [0.2, 0.25) is 0 Å². The fraction of sp³-hybridized carbons (Fsp3) is 0. The average Bonchev–Trinajstić information content (AvgIpc) is 2.28. The van der Waals surface area contributed by atoms with E-state index in [1.807, 2.05) is 12.1 Å². The zero-order valence-electron chi connectivity index (χ0n) is 8.77. The first kappa shape index (κ1) is 16.9. The minimum absolute atomic E-state index is 0. The third kappa shape index (κ3) is 6.39. The van der Waals surface area contributed by atoms with Crippen LogP contribution < -0.4 is 0 Å². The number of aromatic hydroxyl groups is 2. The minimum Gasteiger partial charge on any atom is -0.507 e. The molecule has 5 heteroatoms. The Morgan fingerprint density at radius 2 is 0.941 bits per heavy atom. The number of rotatable bonds is 0. The SMILES string of the molecule is Oc1ccccc1Br.Oc1ccccc1Br.[Zr]. The number of halogens is 2. The molecule has 0 bridgehead atoms. The fourth-order valence-electron chi connectivity index (χ4n) is 0.903. The molecule has 0 radical (unpaired) electrons. The van der Waals surface area contributed by atoms with Gasteiger partial charge in [-0.3, -0.25) is 0 Å². The molecule has 0 aromatic heterocycles. The molecule has 0 aliphatic heterocycles. The van der Waals surface area contributed by atoms with Crippen LogP contribution in [-0.4, -0.2) is 10.2 Å². The van der Waals surface area contributed by atoms with Crippen LogP contribution in [0.15, 0.2) is 57.5 Å². The van der Waals surface area contributed by atoms with E-state index in [0.29, 0.717) is 0 Å². The summed E-state index contributed by atoms with van der Waals surface area (Å²) in [7, 11) is 0. The van der Waals surface area contributed by atoms with E-state index in [0.717, 1.165) is 8.95 Å². The van der Waals surface area contributed by atoms with E-state index in [4.69, 9.17) is 10.2 Å². The van der Waals surface area contributed by atoms with Crippen molar-refractivity contribution in [2.24, 2.45) is 0 Å². The van der Waals surface area contributed by atoms with Crippen LogP contribution in [0, 0.1) is 0 Å². The van der Waals surface area contributed by atoms with Crippen LogP contribution in [0.3, 0.4) is 0 Å². The minimum atomic E-state index is 0. The van der Waals surface area contributed by atoms with Crippen LogP contribution in [0.1, 0.15) is 0 Å². The van der Waals surface area contributed by atoms with E-state index < -0.39 is 0 Å². The molecule has 0 aliphatic rings. The molecule has 88 valence electrons. The van der Waals surface area contributed by atoms with Gasteiger partial charge in [0.1, 0.15) is 11.5 Å². The quantitative estimate of drug-likeness (QED) is 0.645. The number of hydrogen-bond acceptors (Lipinski definition) is 2. The Hall–Kier alpha value is -0.117. The smallest absolute Gasteiger partial charge is 0.129 e. The van der Waals surface area contributed by atoms with Crippen molar-refractivity contribution in [2.45, 2.75) is 0 Å². The molecule has 0 saturated heterocycles. The normalized spacial score (nSPS) is 8.59. The van der Waals surface area contributed by atoms with Gasteiger partial charge in [-0.25, -0.2) is 0 Å². The summed E-state index contributed by atoms with van der Waals surface area (Å²) >= 11 is 6.29. The third-order valence-electron chi connectivity index (χ3n) is 1.70. The second kappa shape index (κ2) is 8.90. The zero-order valence-corrected chi connectivity index (χ0v) is 14.4. The number of para-hydroxylation sites is 2. The van der Waals surface area contributed by atoms with Gasteiger partial charge in [-0.1, -0.05) is 24.3 Å². The second-order valence-corrected chi connectivity index (χ2v) is 4.61. The van der Waals surface area contributed by atoms with E-state index in [9.17, 15) is 0 Å². The molecule has 0 aliphatic carbocycles. The molecule has 17 heavy (non-hydrogen) atoms. The summed E-state index contributed by atoms with van der Waals surface area (Å²) in [6, 6.07) is 14.1. The Balaban J connectivity index is 0.000000284. The summed E-state index contributed by atoms with van der Waals surface area (Å²) in [6.07, 6.45) is 0. The molecule has 2 N–H and O–H groups in total. The average molecular weight is 437 g/mol. The summed E-state index contributed by atoms with van der Waals surface area (Å²) < 4.78 is 1.47. The molecule has 2 aromatic carbocycles. The Kier molecular flexibility index (Phi) is 8.84. The number of phenols is 2. The van der Waals surface area contributed by atoms with E-state index in [1.165, 1.54) is 0 Å². The van der Waals surface area contributed by atoms with Crippen molar-refractivity contribution in [3.8, 4) is 11.5 Å². The van der Waals surface area contributed by atoms with Crippen LogP contribution in [0.4, 0.5) is 0 Å². The molecule has 0 spiro atoms. The van der Waals surface area contributed by atoms with Crippen molar-refractivity contribution in [1.29, 1.82) is 0 Å². The zero-order chi connectivity index (χ0) is 12.0. The fourth-order valence-corrected chi connectivity index (χ4v) is 1.47. The van der Waals surface area contributed by atoms with E-state index in [-0.39, 0.29) is 37.7 Å². The molecule has 0 saturated carbocycles. The van der Waals surface area contributed by atoms with E-state index in [1.54, 1.807) is 36.4 Å². The molecule has 0 amide bonds. The van der Waals surface area contributed by atoms with Gasteiger partial charge in [-0.2, -0.15) is 0 Å².